The molecule has 2 aliphatic heterocycles. The fourth-order valence-electron chi connectivity index (χ4n) is 3.74. The van der Waals surface area contributed by atoms with E-state index in [0.717, 1.165) is 0 Å². The first kappa shape index (κ1) is 19.5. The number of hydrogen-bond acceptors (Lipinski definition) is 5. The summed E-state index contributed by atoms with van der Waals surface area (Å²) < 4.78 is 10.4. The quantitative estimate of drug-likeness (QED) is 0.533. The second-order valence-corrected chi connectivity index (χ2v) is 8.90. The summed E-state index contributed by atoms with van der Waals surface area (Å²) in [7, 11) is 1.34. The lowest BCUT2D eigenvalue weighted by Crippen LogP contribution is -2.78. The number of ether oxygens (including phenoxy) is 2. The molecular formula is C18H30N2O5. The summed E-state index contributed by atoms with van der Waals surface area (Å²) >= 11 is 0. The Bertz CT molecular complexity index is 565. The van der Waals surface area contributed by atoms with Crippen LogP contribution in [0.25, 0.3) is 0 Å². The Kier molecular flexibility index (Phi) is 4.83. The highest BCUT2D eigenvalue weighted by atomic mass is 16.6. The van der Waals surface area contributed by atoms with E-state index in [4.69, 9.17) is 9.47 Å². The third-order valence-electron chi connectivity index (χ3n) is 4.87. The van der Waals surface area contributed by atoms with Gasteiger partial charge in [0.2, 0.25) is 5.91 Å². The minimum absolute atomic E-state index is 0.0274. The number of β-lactam (4-membered cyclic amide) rings is 1. The van der Waals surface area contributed by atoms with Crippen molar-refractivity contribution in [2.24, 2.45) is 5.41 Å². The van der Waals surface area contributed by atoms with Crippen molar-refractivity contribution in [1.82, 2.24) is 9.80 Å². The van der Waals surface area contributed by atoms with Gasteiger partial charge < -0.3 is 19.3 Å². The van der Waals surface area contributed by atoms with Gasteiger partial charge in [-0.2, -0.15) is 0 Å². The minimum Gasteiger partial charge on any atom is -0.458 e. The van der Waals surface area contributed by atoms with Crippen molar-refractivity contribution >= 4 is 18.0 Å². The SMILES string of the molecule is COC(=O)N1CCC2(CC1)C(=O)N(C(C)(C)C)C2C(=O)OC(C)(C)C. The van der Waals surface area contributed by atoms with Gasteiger partial charge >= 0.3 is 12.1 Å². The Morgan fingerprint density at radius 3 is 2.00 bits per heavy atom. The van der Waals surface area contributed by atoms with Crippen molar-refractivity contribution in [2.75, 3.05) is 20.2 Å². The van der Waals surface area contributed by atoms with Gasteiger partial charge in [0.1, 0.15) is 11.6 Å². The highest BCUT2D eigenvalue weighted by Gasteiger charge is 2.67. The number of rotatable bonds is 1. The molecule has 0 aromatic rings. The predicted octanol–water partition coefficient (Wildman–Crippen LogP) is 2.19. The first-order valence-corrected chi connectivity index (χ1v) is 8.73. The van der Waals surface area contributed by atoms with Gasteiger partial charge in [0.05, 0.1) is 12.5 Å². The summed E-state index contributed by atoms with van der Waals surface area (Å²) in [5.74, 6) is -0.395. The van der Waals surface area contributed by atoms with Crippen LogP contribution in [0.15, 0.2) is 0 Å². The second-order valence-electron chi connectivity index (χ2n) is 8.90. The van der Waals surface area contributed by atoms with Crippen molar-refractivity contribution in [3.05, 3.63) is 0 Å². The summed E-state index contributed by atoms with van der Waals surface area (Å²) in [5, 5.41) is 0. The van der Waals surface area contributed by atoms with Crippen LogP contribution < -0.4 is 0 Å². The number of amides is 2. The first-order chi connectivity index (χ1) is 11.3. The summed E-state index contributed by atoms with van der Waals surface area (Å²) in [4.78, 5) is 40.8. The number of nitrogens with zero attached hydrogens (tertiary/aromatic N) is 2. The molecule has 1 spiro atoms. The van der Waals surface area contributed by atoms with E-state index < -0.39 is 28.7 Å². The Labute approximate surface area is 149 Å². The van der Waals surface area contributed by atoms with E-state index in [2.05, 4.69) is 0 Å². The standard InChI is InChI=1S/C18H30N2O5/c1-16(2,3)20-12(13(21)25-17(4,5)6)18(14(20)22)8-10-19(11-9-18)15(23)24-7/h12H,8-11H2,1-7H3. The van der Waals surface area contributed by atoms with Crippen molar-refractivity contribution in [3.8, 4) is 0 Å². The fraction of sp³-hybridized carbons (Fsp3) is 0.833. The molecule has 2 aliphatic rings. The van der Waals surface area contributed by atoms with Crippen LogP contribution in [0, 0.1) is 5.41 Å². The van der Waals surface area contributed by atoms with Crippen LogP contribution >= 0.6 is 0 Å². The maximum Gasteiger partial charge on any atom is 0.409 e. The third-order valence-corrected chi connectivity index (χ3v) is 4.87. The van der Waals surface area contributed by atoms with Crippen molar-refractivity contribution < 1.29 is 23.9 Å². The number of likely N-dealkylation sites (tertiary alicyclic amines) is 2. The van der Waals surface area contributed by atoms with Gasteiger partial charge in [0, 0.05) is 18.6 Å². The smallest absolute Gasteiger partial charge is 0.409 e. The molecule has 2 heterocycles. The van der Waals surface area contributed by atoms with E-state index in [1.165, 1.54) is 7.11 Å². The Morgan fingerprint density at radius 1 is 1.08 bits per heavy atom. The molecule has 0 N–H and O–H groups in total. The molecule has 1 atom stereocenters. The zero-order chi connectivity index (χ0) is 19.2. The number of piperidine rings is 1. The molecule has 7 nitrogen and oxygen atoms in total. The van der Waals surface area contributed by atoms with E-state index >= 15 is 0 Å². The number of carbonyl (C=O) groups excluding carboxylic acids is 3. The lowest BCUT2D eigenvalue weighted by Gasteiger charge is -2.61. The summed E-state index contributed by atoms with van der Waals surface area (Å²) in [5.41, 5.74) is -1.86. The lowest BCUT2D eigenvalue weighted by atomic mass is 9.62. The maximum absolute atomic E-state index is 13.0. The summed E-state index contributed by atoms with van der Waals surface area (Å²) in [6, 6.07) is -0.612. The molecule has 142 valence electrons. The number of hydrogen-bond donors (Lipinski definition) is 0. The molecule has 25 heavy (non-hydrogen) atoms. The van der Waals surface area contributed by atoms with Gasteiger partial charge in [-0.25, -0.2) is 9.59 Å². The van der Waals surface area contributed by atoms with Crippen LogP contribution in [0.2, 0.25) is 0 Å². The zero-order valence-corrected chi connectivity index (χ0v) is 16.3. The Hall–Kier alpha value is -1.79. The average molecular weight is 354 g/mol. The van der Waals surface area contributed by atoms with E-state index in [0.29, 0.717) is 25.9 Å². The topological polar surface area (TPSA) is 76.2 Å². The Morgan fingerprint density at radius 2 is 1.60 bits per heavy atom. The highest BCUT2D eigenvalue weighted by Crippen LogP contribution is 2.51. The first-order valence-electron chi connectivity index (χ1n) is 8.73. The van der Waals surface area contributed by atoms with Crippen LogP contribution in [-0.2, 0) is 19.1 Å². The normalized spacial score (nSPS) is 23.3. The van der Waals surface area contributed by atoms with E-state index in [1.807, 2.05) is 41.5 Å². The molecule has 0 aliphatic carbocycles. The zero-order valence-electron chi connectivity index (χ0n) is 16.3. The van der Waals surface area contributed by atoms with Crippen molar-refractivity contribution in [3.63, 3.8) is 0 Å². The second kappa shape index (κ2) is 6.18. The lowest BCUT2D eigenvalue weighted by molar-refractivity contribution is -0.207. The largest absolute Gasteiger partial charge is 0.458 e. The Balaban J connectivity index is 2.26. The number of carbonyl (C=O) groups is 3. The molecule has 0 aromatic carbocycles. The predicted molar refractivity (Wildman–Crippen MR) is 91.9 cm³/mol. The molecular weight excluding hydrogens is 324 g/mol. The van der Waals surface area contributed by atoms with E-state index in [1.54, 1.807) is 9.80 Å². The minimum atomic E-state index is -0.778. The van der Waals surface area contributed by atoms with Crippen LogP contribution in [0.1, 0.15) is 54.4 Å². The number of methoxy groups -OCH3 is 1. The van der Waals surface area contributed by atoms with E-state index in [-0.39, 0.29) is 11.9 Å². The third kappa shape index (κ3) is 3.46. The fourth-order valence-corrected chi connectivity index (χ4v) is 3.74. The average Bonchev–Trinajstić information content (AvgIpc) is 2.48. The molecule has 0 aromatic heterocycles. The van der Waals surface area contributed by atoms with Crippen molar-refractivity contribution in [2.45, 2.75) is 71.6 Å². The maximum atomic E-state index is 13.0. The monoisotopic (exact) mass is 354 g/mol. The van der Waals surface area contributed by atoms with Crippen molar-refractivity contribution in [1.29, 1.82) is 0 Å². The molecule has 2 saturated heterocycles. The van der Waals surface area contributed by atoms with Crippen LogP contribution in [0.4, 0.5) is 4.79 Å². The molecule has 2 fully saturated rings. The van der Waals surface area contributed by atoms with Gasteiger partial charge in [0.15, 0.2) is 0 Å². The van der Waals surface area contributed by atoms with Crippen LogP contribution in [0.3, 0.4) is 0 Å². The molecule has 1 unspecified atom stereocenters. The van der Waals surface area contributed by atoms with Crippen LogP contribution in [0.5, 0.6) is 0 Å². The van der Waals surface area contributed by atoms with Crippen LogP contribution in [-0.4, -0.2) is 65.2 Å². The molecule has 2 rings (SSSR count). The van der Waals surface area contributed by atoms with Gasteiger partial charge in [-0.15, -0.1) is 0 Å². The molecule has 0 bridgehead atoms. The van der Waals surface area contributed by atoms with Gasteiger partial charge in [-0.1, -0.05) is 0 Å². The van der Waals surface area contributed by atoms with Gasteiger partial charge in [-0.3, -0.25) is 4.79 Å². The summed E-state index contributed by atoms with van der Waals surface area (Å²) in [6.45, 7) is 12.0. The summed E-state index contributed by atoms with van der Waals surface area (Å²) in [6.07, 6.45) is 0.484. The number of esters is 1. The molecule has 0 radical (unpaired) electrons. The van der Waals surface area contributed by atoms with Gasteiger partial charge in [0.25, 0.3) is 0 Å². The molecule has 2 amide bonds. The molecule has 7 heteroatoms. The molecule has 0 saturated carbocycles. The highest BCUT2D eigenvalue weighted by molar-refractivity contribution is 6.01. The van der Waals surface area contributed by atoms with E-state index in [9.17, 15) is 14.4 Å². The van der Waals surface area contributed by atoms with Gasteiger partial charge in [-0.05, 0) is 54.4 Å².